The maximum absolute atomic E-state index is 12.4. The van der Waals surface area contributed by atoms with E-state index in [1.54, 1.807) is 4.90 Å². The summed E-state index contributed by atoms with van der Waals surface area (Å²) in [6.07, 6.45) is 1.53. The van der Waals surface area contributed by atoms with Gasteiger partial charge in [0.05, 0.1) is 17.1 Å². The number of amides is 2. The van der Waals surface area contributed by atoms with Crippen LogP contribution in [-0.2, 0) is 9.59 Å². The van der Waals surface area contributed by atoms with Crippen molar-refractivity contribution in [1.29, 1.82) is 0 Å². The first-order valence-corrected chi connectivity index (χ1v) is 8.80. The van der Waals surface area contributed by atoms with E-state index >= 15 is 0 Å². The Balaban J connectivity index is 1.61. The summed E-state index contributed by atoms with van der Waals surface area (Å²) in [5.74, 6) is -0.908. The molecular formula is C20H20N4O4. The second-order valence-corrected chi connectivity index (χ2v) is 6.78. The van der Waals surface area contributed by atoms with Crippen molar-refractivity contribution in [3.63, 3.8) is 0 Å². The Hall–Kier alpha value is -3.55. The molecular weight excluding hydrogens is 360 g/mol. The molecule has 1 aliphatic rings. The molecule has 0 spiro atoms. The number of hydrogen-bond donors (Lipinski definition) is 1. The number of anilines is 1. The van der Waals surface area contributed by atoms with E-state index in [1.807, 2.05) is 32.0 Å². The normalized spacial score (nSPS) is 16.6. The first-order chi connectivity index (χ1) is 13.3. The van der Waals surface area contributed by atoms with Crippen LogP contribution in [-0.4, -0.2) is 29.5 Å². The maximum atomic E-state index is 12.4. The highest BCUT2D eigenvalue weighted by Crippen LogP contribution is 2.28. The Labute approximate surface area is 162 Å². The fourth-order valence-corrected chi connectivity index (χ4v) is 3.07. The standard InChI is InChI=1S/C20H20N4O4/c1-13-3-4-14(2)18(9-13)23-12-16(10-19(23)25)20(26)22-21-11-15-5-7-17(8-6-15)24(27)28/h3-9,11,16H,10,12H2,1-2H3,(H,22,26)/b21-11-/t16-/m0/s1. The number of rotatable bonds is 5. The number of non-ortho nitro benzene ring substituents is 1. The molecule has 1 atom stereocenters. The molecule has 1 heterocycles. The van der Waals surface area contributed by atoms with Crippen LogP contribution in [0.4, 0.5) is 11.4 Å². The molecule has 3 rings (SSSR count). The van der Waals surface area contributed by atoms with Crippen molar-refractivity contribution >= 4 is 29.4 Å². The van der Waals surface area contributed by atoms with Gasteiger partial charge in [0.25, 0.3) is 5.69 Å². The fraction of sp³-hybridized carbons (Fsp3) is 0.250. The Morgan fingerprint density at radius 2 is 1.96 bits per heavy atom. The summed E-state index contributed by atoms with van der Waals surface area (Å²) in [5, 5.41) is 14.5. The Bertz CT molecular complexity index is 953. The maximum Gasteiger partial charge on any atom is 0.269 e. The van der Waals surface area contributed by atoms with Crippen LogP contribution in [0.5, 0.6) is 0 Å². The SMILES string of the molecule is Cc1ccc(C)c(N2C[C@@H](C(=O)N/N=C\c3ccc([N+](=O)[O-])cc3)CC2=O)c1. The van der Waals surface area contributed by atoms with Crippen LogP contribution >= 0.6 is 0 Å². The minimum absolute atomic E-state index is 0.0165. The molecule has 28 heavy (non-hydrogen) atoms. The number of carbonyl (C=O) groups excluding carboxylic acids is 2. The van der Waals surface area contributed by atoms with Crippen molar-refractivity contribution in [2.24, 2.45) is 11.0 Å². The molecule has 0 saturated carbocycles. The van der Waals surface area contributed by atoms with E-state index in [9.17, 15) is 19.7 Å². The topological polar surface area (TPSA) is 105 Å². The third kappa shape index (κ3) is 4.22. The number of hydrazone groups is 1. The van der Waals surface area contributed by atoms with E-state index in [0.29, 0.717) is 12.1 Å². The van der Waals surface area contributed by atoms with Crippen LogP contribution in [0.25, 0.3) is 0 Å². The summed E-state index contributed by atoms with van der Waals surface area (Å²) in [4.78, 5) is 36.5. The van der Waals surface area contributed by atoms with Crippen molar-refractivity contribution in [2.45, 2.75) is 20.3 Å². The summed E-state index contributed by atoms with van der Waals surface area (Å²) in [6, 6.07) is 11.7. The number of benzene rings is 2. The van der Waals surface area contributed by atoms with Gasteiger partial charge in [0.2, 0.25) is 11.8 Å². The summed E-state index contributed by atoms with van der Waals surface area (Å²) < 4.78 is 0. The molecule has 0 radical (unpaired) electrons. The van der Waals surface area contributed by atoms with Gasteiger partial charge >= 0.3 is 0 Å². The number of carbonyl (C=O) groups is 2. The van der Waals surface area contributed by atoms with Gasteiger partial charge in [-0.05, 0) is 48.7 Å². The number of hydrogen-bond acceptors (Lipinski definition) is 5. The monoisotopic (exact) mass is 380 g/mol. The summed E-state index contributed by atoms with van der Waals surface area (Å²) in [7, 11) is 0. The molecule has 8 nitrogen and oxygen atoms in total. The lowest BCUT2D eigenvalue weighted by Crippen LogP contribution is -2.30. The zero-order valence-electron chi connectivity index (χ0n) is 15.6. The molecule has 2 amide bonds. The summed E-state index contributed by atoms with van der Waals surface area (Å²) in [6.45, 7) is 4.20. The minimum atomic E-state index is -0.485. The molecule has 2 aromatic rings. The lowest BCUT2D eigenvalue weighted by Gasteiger charge is -2.19. The van der Waals surface area contributed by atoms with Gasteiger partial charge in [-0.1, -0.05) is 12.1 Å². The highest BCUT2D eigenvalue weighted by molar-refractivity contribution is 6.01. The predicted octanol–water partition coefficient (Wildman–Crippen LogP) is 2.71. The molecule has 0 unspecified atom stereocenters. The summed E-state index contributed by atoms with van der Waals surface area (Å²) >= 11 is 0. The van der Waals surface area contributed by atoms with Gasteiger partial charge < -0.3 is 4.90 Å². The zero-order valence-corrected chi connectivity index (χ0v) is 15.6. The van der Waals surface area contributed by atoms with Gasteiger partial charge in [-0.3, -0.25) is 19.7 Å². The number of nitrogens with one attached hydrogen (secondary N) is 1. The quantitative estimate of drug-likeness (QED) is 0.489. The van der Waals surface area contributed by atoms with Crippen LogP contribution in [0.15, 0.2) is 47.6 Å². The van der Waals surface area contributed by atoms with Crippen molar-refractivity contribution in [3.05, 3.63) is 69.3 Å². The van der Waals surface area contributed by atoms with Gasteiger partial charge in [0.15, 0.2) is 0 Å². The number of nitro groups is 1. The van der Waals surface area contributed by atoms with Crippen LogP contribution in [0, 0.1) is 29.9 Å². The number of aryl methyl sites for hydroxylation is 2. The van der Waals surface area contributed by atoms with Gasteiger partial charge in [-0.15, -0.1) is 0 Å². The van der Waals surface area contributed by atoms with Gasteiger partial charge in [-0.2, -0.15) is 5.10 Å². The van der Waals surface area contributed by atoms with E-state index in [0.717, 1.165) is 16.8 Å². The molecule has 2 aromatic carbocycles. The third-order valence-electron chi connectivity index (χ3n) is 4.64. The first kappa shape index (κ1) is 19.2. The van der Waals surface area contributed by atoms with Gasteiger partial charge in [0.1, 0.15) is 0 Å². The second kappa shape index (κ2) is 7.99. The van der Waals surface area contributed by atoms with E-state index in [4.69, 9.17) is 0 Å². The Morgan fingerprint density at radius 3 is 2.64 bits per heavy atom. The zero-order chi connectivity index (χ0) is 20.3. The highest BCUT2D eigenvalue weighted by atomic mass is 16.6. The lowest BCUT2D eigenvalue weighted by atomic mass is 10.1. The smallest absolute Gasteiger partial charge is 0.269 e. The molecule has 144 valence electrons. The van der Waals surface area contributed by atoms with Crippen LogP contribution in [0.1, 0.15) is 23.1 Å². The van der Waals surface area contributed by atoms with Crippen LogP contribution < -0.4 is 10.3 Å². The number of nitrogens with zero attached hydrogens (tertiary/aromatic N) is 3. The first-order valence-electron chi connectivity index (χ1n) is 8.80. The number of nitro benzene ring substituents is 1. The second-order valence-electron chi connectivity index (χ2n) is 6.78. The molecule has 0 aliphatic carbocycles. The lowest BCUT2D eigenvalue weighted by molar-refractivity contribution is -0.384. The molecule has 1 aliphatic heterocycles. The third-order valence-corrected chi connectivity index (χ3v) is 4.64. The minimum Gasteiger partial charge on any atom is -0.311 e. The van der Waals surface area contributed by atoms with Crippen LogP contribution in [0.2, 0.25) is 0 Å². The Morgan fingerprint density at radius 1 is 1.25 bits per heavy atom. The average molecular weight is 380 g/mol. The largest absolute Gasteiger partial charge is 0.311 e. The van der Waals surface area contributed by atoms with E-state index in [1.165, 1.54) is 30.5 Å². The van der Waals surface area contributed by atoms with E-state index < -0.39 is 10.8 Å². The van der Waals surface area contributed by atoms with Crippen LogP contribution in [0.3, 0.4) is 0 Å². The summed E-state index contributed by atoms with van der Waals surface area (Å²) in [5.41, 5.74) is 5.91. The molecule has 0 aromatic heterocycles. The fourth-order valence-electron chi connectivity index (χ4n) is 3.07. The van der Waals surface area contributed by atoms with E-state index in [-0.39, 0.29) is 23.9 Å². The van der Waals surface area contributed by atoms with Crippen molar-refractivity contribution < 1.29 is 14.5 Å². The van der Waals surface area contributed by atoms with Crippen molar-refractivity contribution in [3.8, 4) is 0 Å². The predicted molar refractivity (Wildman–Crippen MR) is 105 cm³/mol. The molecule has 1 N–H and O–H groups in total. The molecule has 8 heteroatoms. The van der Waals surface area contributed by atoms with Gasteiger partial charge in [-0.25, -0.2) is 5.43 Å². The van der Waals surface area contributed by atoms with Crippen molar-refractivity contribution in [2.75, 3.05) is 11.4 Å². The van der Waals surface area contributed by atoms with E-state index in [2.05, 4.69) is 10.5 Å². The highest BCUT2D eigenvalue weighted by Gasteiger charge is 2.35. The molecule has 1 saturated heterocycles. The average Bonchev–Trinajstić information content (AvgIpc) is 3.05. The van der Waals surface area contributed by atoms with Crippen molar-refractivity contribution in [1.82, 2.24) is 5.43 Å². The molecule has 1 fully saturated rings. The molecule has 0 bridgehead atoms. The van der Waals surface area contributed by atoms with Gasteiger partial charge in [0, 0.05) is 30.8 Å². The Kier molecular flexibility index (Phi) is 5.49.